The molecule has 0 rings (SSSR count). The van der Waals surface area contributed by atoms with Gasteiger partial charge in [0.05, 0.1) is 0 Å². The van der Waals surface area contributed by atoms with E-state index in [0.717, 1.165) is 6.92 Å². The molecule has 3 heteroatoms. The number of carbonyl (C=O) groups is 1. The summed E-state index contributed by atoms with van der Waals surface area (Å²) in [5, 5.41) is 14.3. The van der Waals surface area contributed by atoms with Gasteiger partial charge in [-0.1, -0.05) is 0 Å². The molecular weight excluding hydrogens is 198 g/mol. The van der Waals surface area contributed by atoms with Gasteiger partial charge in [0, 0.05) is 6.92 Å². The van der Waals surface area contributed by atoms with Gasteiger partial charge < -0.3 is 5.11 Å². The second-order valence-corrected chi connectivity index (χ2v) is 6.13. The fraction of sp³-hybridized carbons (Fsp3) is 0.800. The van der Waals surface area contributed by atoms with E-state index in [1.54, 1.807) is 0 Å². The molecule has 0 aliphatic rings. The van der Waals surface area contributed by atoms with E-state index < -0.39 is 5.97 Å². The maximum atomic E-state index is 9.00. The van der Waals surface area contributed by atoms with Crippen LogP contribution in [0.1, 0.15) is 6.92 Å². The Bertz CT molecular complexity index is 54.7. The average Bonchev–Trinajstić information content (AvgIpc) is 1.25. The Morgan fingerprint density at radius 1 is 1.38 bits per heavy atom. The van der Waals surface area contributed by atoms with Crippen molar-refractivity contribution in [2.75, 3.05) is 0 Å². The minimum absolute atomic E-state index is 0.0167. The number of carboxylic acids is 1. The molecule has 8 heavy (non-hydrogen) atoms. The van der Waals surface area contributed by atoms with E-state index in [-0.39, 0.29) is 16.8 Å². The van der Waals surface area contributed by atoms with Crippen LogP contribution in [0.2, 0.25) is 16.2 Å². The molecule has 0 aliphatic carbocycles. The number of hydrogen-bond acceptors (Lipinski definition) is 1. The van der Waals surface area contributed by atoms with Crippen LogP contribution in [0.5, 0.6) is 0 Å². The third kappa shape index (κ3) is 9220. The van der Waals surface area contributed by atoms with E-state index in [9.17, 15) is 0 Å². The van der Waals surface area contributed by atoms with Crippen molar-refractivity contribution in [1.82, 2.24) is 0 Å². The van der Waals surface area contributed by atoms with Crippen LogP contribution < -0.4 is 0 Å². The molecular formula is C5H13O2Pd. The van der Waals surface area contributed by atoms with E-state index in [2.05, 4.69) is 16.2 Å². The van der Waals surface area contributed by atoms with Gasteiger partial charge in [-0.15, -0.1) is 0 Å². The van der Waals surface area contributed by atoms with Crippen molar-refractivity contribution in [3.8, 4) is 0 Å². The van der Waals surface area contributed by atoms with Crippen molar-refractivity contribution in [2.45, 2.75) is 23.1 Å². The normalized spacial score (nSPS) is 8.75. The standard InChI is InChI=1S/C2H4O2.3CH3.Pd/c1-2(3)4;;;;/h1H3,(H,3,4);3*1H3;. The van der Waals surface area contributed by atoms with Crippen LogP contribution in [-0.2, 0) is 21.6 Å². The first kappa shape index (κ1) is 11.0. The molecule has 0 saturated carbocycles. The first-order valence-corrected chi connectivity index (χ1v) is 6.54. The maximum absolute atomic E-state index is 9.00. The number of aliphatic carboxylic acids is 1. The molecule has 0 heterocycles. The Morgan fingerprint density at radius 2 is 1.38 bits per heavy atom. The van der Waals surface area contributed by atoms with Gasteiger partial charge in [0.1, 0.15) is 0 Å². The van der Waals surface area contributed by atoms with E-state index in [1.165, 1.54) is 0 Å². The molecule has 0 aromatic rings. The average molecular weight is 212 g/mol. The molecule has 0 bridgehead atoms. The zero-order chi connectivity index (χ0) is 7.15. The summed E-state index contributed by atoms with van der Waals surface area (Å²) in [5.74, 6) is -0.833. The predicted molar refractivity (Wildman–Crippen MR) is 30.9 cm³/mol. The topological polar surface area (TPSA) is 37.3 Å². The zero-order valence-corrected chi connectivity index (χ0v) is 7.23. The van der Waals surface area contributed by atoms with Crippen molar-refractivity contribution < 1.29 is 26.7 Å². The molecule has 0 aromatic carbocycles. The molecule has 0 atom stereocenters. The van der Waals surface area contributed by atoms with E-state index in [1.807, 2.05) is 0 Å². The van der Waals surface area contributed by atoms with Gasteiger partial charge in [0.15, 0.2) is 0 Å². The molecule has 0 aliphatic heterocycles. The molecule has 1 N–H and O–H groups in total. The Morgan fingerprint density at radius 3 is 1.38 bits per heavy atom. The molecule has 55 valence electrons. The summed E-state index contributed by atoms with van der Waals surface area (Å²) in [4.78, 5) is 9.00. The van der Waals surface area contributed by atoms with Crippen LogP contribution in [0, 0.1) is 0 Å². The summed E-state index contributed by atoms with van der Waals surface area (Å²) in [6.45, 7) is 1.08. The molecule has 2 nitrogen and oxygen atoms in total. The van der Waals surface area contributed by atoms with Crippen LogP contribution in [0.4, 0.5) is 0 Å². The first-order valence-electron chi connectivity index (χ1n) is 1.88. The monoisotopic (exact) mass is 211 g/mol. The van der Waals surface area contributed by atoms with Crippen molar-refractivity contribution in [3.05, 3.63) is 0 Å². The Labute approximate surface area is 56.2 Å². The molecule has 0 amide bonds. The molecule has 0 fully saturated rings. The molecule has 0 spiro atoms. The quantitative estimate of drug-likeness (QED) is 0.621. The fourth-order valence-electron chi connectivity index (χ4n) is 0. The van der Waals surface area contributed by atoms with Crippen LogP contribution in [0.3, 0.4) is 0 Å². The Hall–Kier alpha value is 0.132. The van der Waals surface area contributed by atoms with Crippen molar-refractivity contribution in [2.24, 2.45) is 0 Å². The Balaban J connectivity index is 0. The van der Waals surface area contributed by atoms with Crippen molar-refractivity contribution >= 4 is 5.97 Å². The van der Waals surface area contributed by atoms with Gasteiger partial charge in [0.25, 0.3) is 5.97 Å². The summed E-state index contributed by atoms with van der Waals surface area (Å²) in [5.41, 5.74) is 0. The summed E-state index contributed by atoms with van der Waals surface area (Å²) in [6.07, 6.45) is 0. The van der Waals surface area contributed by atoms with Gasteiger partial charge in [-0.05, 0) is 0 Å². The SMILES string of the molecule is CC(=O)O.[CH3][Pd]([CH3])[CH3]. The second kappa shape index (κ2) is 7.13. The summed E-state index contributed by atoms with van der Waals surface area (Å²) in [7, 11) is 0. The number of hydrogen-bond donors (Lipinski definition) is 1. The van der Waals surface area contributed by atoms with Gasteiger partial charge in [-0.3, -0.25) is 4.79 Å². The molecule has 0 aromatic heterocycles. The molecule has 0 radical (unpaired) electrons. The first-order chi connectivity index (χ1) is 3.46. The molecule has 0 unspecified atom stereocenters. The van der Waals surface area contributed by atoms with Gasteiger partial charge in [-0.25, -0.2) is 0 Å². The predicted octanol–water partition coefficient (Wildman–Crippen LogP) is 1.84. The van der Waals surface area contributed by atoms with E-state index in [0.29, 0.717) is 0 Å². The number of carboxylic acid groups (broad SMARTS) is 1. The van der Waals surface area contributed by atoms with Crippen molar-refractivity contribution in [3.63, 3.8) is 0 Å². The zero-order valence-electron chi connectivity index (χ0n) is 5.67. The van der Waals surface area contributed by atoms with Gasteiger partial charge in [-0.2, -0.15) is 0 Å². The van der Waals surface area contributed by atoms with Crippen LogP contribution in [-0.4, -0.2) is 11.1 Å². The third-order valence-corrected chi connectivity index (χ3v) is 0. The van der Waals surface area contributed by atoms with E-state index in [4.69, 9.17) is 9.90 Å². The molecule has 0 saturated heterocycles. The summed E-state index contributed by atoms with van der Waals surface area (Å²) >= 11 is 0.0167. The van der Waals surface area contributed by atoms with Crippen molar-refractivity contribution in [1.29, 1.82) is 0 Å². The Kier molecular flexibility index (Phi) is 9.81. The van der Waals surface area contributed by atoms with E-state index >= 15 is 0 Å². The minimum atomic E-state index is -0.833. The summed E-state index contributed by atoms with van der Waals surface area (Å²) in [6, 6.07) is 0. The van der Waals surface area contributed by atoms with Crippen LogP contribution in [0.15, 0.2) is 0 Å². The summed E-state index contributed by atoms with van der Waals surface area (Å²) < 4.78 is 0. The number of rotatable bonds is 0. The van der Waals surface area contributed by atoms with Crippen LogP contribution >= 0.6 is 0 Å². The van der Waals surface area contributed by atoms with Crippen LogP contribution in [0.25, 0.3) is 0 Å². The fourth-order valence-corrected chi connectivity index (χ4v) is 0. The van der Waals surface area contributed by atoms with Gasteiger partial charge >= 0.3 is 32.9 Å². The van der Waals surface area contributed by atoms with Gasteiger partial charge in [0.2, 0.25) is 0 Å². The third-order valence-electron chi connectivity index (χ3n) is 0. The second-order valence-electron chi connectivity index (χ2n) is 1.47.